The number of hydrogen-bond donors (Lipinski definition) is 1. The molecule has 32 heavy (non-hydrogen) atoms. The number of ether oxygens (including phenoxy) is 1. The molecule has 0 aliphatic carbocycles. The Morgan fingerprint density at radius 2 is 1.62 bits per heavy atom. The van der Waals surface area contributed by atoms with E-state index in [9.17, 15) is 35.5 Å². The molecule has 0 unspecified atom stereocenters. The fourth-order valence-corrected chi connectivity index (χ4v) is 4.20. The number of thiazole rings is 1. The summed E-state index contributed by atoms with van der Waals surface area (Å²) in [7, 11) is 1.14. The van der Waals surface area contributed by atoms with Crippen molar-refractivity contribution in [3.05, 3.63) is 45.0 Å². The minimum absolute atomic E-state index is 0.0511. The van der Waals surface area contributed by atoms with Gasteiger partial charge in [-0.3, -0.25) is 5.10 Å². The van der Waals surface area contributed by atoms with Crippen LogP contribution in [0.4, 0.5) is 30.7 Å². The third-order valence-electron chi connectivity index (χ3n) is 4.23. The standard InChI is InChI=1S/C17H8Cl2F7N3O2S/c1-31-14(30)10-5-32-13(28-10)7-4-27-29-12(7)11-8(18)2-6(3-9(11)19)15(20,16(21,22)23)17(24,25)26/h2-5H,1H3,(H,27,29). The number of methoxy groups -OCH3 is 1. The number of nitrogens with one attached hydrogen (secondary N) is 1. The fraction of sp³-hybridized carbons (Fsp3) is 0.235. The summed E-state index contributed by atoms with van der Waals surface area (Å²) < 4.78 is 97.3. The maximum absolute atomic E-state index is 14.4. The van der Waals surface area contributed by atoms with Crippen LogP contribution in [0, 0.1) is 0 Å². The van der Waals surface area contributed by atoms with Crippen molar-refractivity contribution in [2.45, 2.75) is 18.0 Å². The molecule has 3 rings (SSSR count). The summed E-state index contributed by atoms with van der Waals surface area (Å²) in [5.74, 6) is -0.739. The number of hydrogen-bond acceptors (Lipinski definition) is 5. The zero-order valence-corrected chi connectivity index (χ0v) is 17.7. The first kappa shape index (κ1) is 24.3. The molecule has 0 bridgehead atoms. The van der Waals surface area contributed by atoms with Gasteiger partial charge >= 0.3 is 24.0 Å². The van der Waals surface area contributed by atoms with E-state index in [2.05, 4.69) is 19.9 Å². The summed E-state index contributed by atoms with van der Waals surface area (Å²) in [4.78, 5) is 15.6. The molecule has 5 nitrogen and oxygen atoms in total. The first-order chi connectivity index (χ1) is 14.7. The van der Waals surface area contributed by atoms with Crippen LogP contribution in [0.3, 0.4) is 0 Å². The molecular formula is C17H8Cl2F7N3O2S. The maximum Gasteiger partial charge on any atom is 0.435 e. The molecule has 1 aromatic carbocycles. The van der Waals surface area contributed by atoms with E-state index in [1.165, 1.54) is 11.6 Å². The average molecular weight is 522 g/mol. The lowest BCUT2D eigenvalue weighted by Crippen LogP contribution is -2.50. The van der Waals surface area contributed by atoms with Gasteiger partial charge in [0.15, 0.2) is 5.69 Å². The van der Waals surface area contributed by atoms with Crippen molar-refractivity contribution in [2.75, 3.05) is 7.11 Å². The second-order valence-corrected chi connectivity index (χ2v) is 7.82. The first-order valence-electron chi connectivity index (χ1n) is 8.12. The molecule has 0 atom stereocenters. The number of aromatic amines is 1. The quantitative estimate of drug-likeness (QED) is 0.311. The molecule has 0 saturated heterocycles. The SMILES string of the molecule is COC(=O)c1csc(-c2c[nH]nc2-c2c(Cl)cc(C(F)(C(F)(F)F)C(F)(F)F)cc2Cl)n1. The molecular weight excluding hydrogens is 514 g/mol. The van der Waals surface area contributed by atoms with E-state index in [-0.39, 0.29) is 39.7 Å². The Morgan fingerprint density at radius 1 is 1.06 bits per heavy atom. The highest BCUT2D eigenvalue weighted by atomic mass is 35.5. The number of nitrogens with zero attached hydrogens (tertiary/aromatic N) is 2. The Labute approximate surface area is 188 Å². The predicted molar refractivity (Wildman–Crippen MR) is 101 cm³/mol. The van der Waals surface area contributed by atoms with Crippen LogP contribution in [0.15, 0.2) is 23.7 Å². The molecule has 0 spiro atoms. The summed E-state index contributed by atoms with van der Waals surface area (Å²) in [6.07, 6.45) is -11.4. The number of carbonyl (C=O) groups excluding carboxylic acids is 1. The van der Waals surface area contributed by atoms with E-state index >= 15 is 0 Å². The van der Waals surface area contributed by atoms with Crippen LogP contribution < -0.4 is 0 Å². The van der Waals surface area contributed by atoms with Crippen LogP contribution in [0.1, 0.15) is 16.1 Å². The molecule has 0 aliphatic rings. The van der Waals surface area contributed by atoms with Crippen molar-refractivity contribution in [3.8, 4) is 21.8 Å². The summed E-state index contributed by atoms with van der Waals surface area (Å²) in [5, 5.41) is 6.41. The van der Waals surface area contributed by atoms with Gasteiger partial charge in [-0.05, 0) is 12.1 Å². The van der Waals surface area contributed by atoms with Gasteiger partial charge < -0.3 is 4.74 Å². The zero-order chi connectivity index (χ0) is 24.1. The van der Waals surface area contributed by atoms with E-state index in [0.717, 1.165) is 18.4 Å². The minimum atomic E-state index is -6.33. The smallest absolute Gasteiger partial charge is 0.435 e. The Bertz CT molecular complexity index is 1140. The number of alkyl halides is 7. The minimum Gasteiger partial charge on any atom is -0.464 e. The third-order valence-corrected chi connectivity index (χ3v) is 5.70. The Kier molecular flexibility index (Phi) is 6.21. The highest BCUT2D eigenvalue weighted by Gasteiger charge is 2.73. The lowest BCUT2D eigenvalue weighted by Gasteiger charge is -2.30. The van der Waals surface area contributed by atoms with Gasteiger partial charge in [0.05, 0.1) is 22.7 Å². The van der Waals surface area contributed by atoms with Gasteiger partial charge in [-0.15, -0.1) is 11.3 Å². The van der Waals surface area contributed by atoms with Gasteiger partial charge in [-0.25, -0.2) is 14.2 Å². The zero-order valence-electron chi connectivity index (χ0n) is 15.3. The summed E-state index contributed by atoms with van der Waals surface area (Å²) in [6, 6.07) is 0.369. The lowest BCUT2D eigenvalue weighted by molar-refractivity contribution is -0.348. The molecule has 2 aromatic heterocycles. The van der Waals surface area contributed by atoms with Crippen molar-refractivity contribution in [3.63, 3.8) is 0 Å². The van der Waals surface area contributed by atoms with Crippen LogP contribution >= 0.6 is 34.5 Å². The second kappa shape index (κ2) is 8.19. The molecule has 172 valence electrons. The highest BCUT2D eigenvalue weighted by molar-refractivity contribution is 7.13. The van der Waals surface area contributed by atoms with Crippen molar-refractivity contribution >= 4 is 40.5 Å². The van der Waals surface area contributed by atoms with Gasteiger partial charge in [-0.1, -0.05) is 23.2 Å². The molecule has 2 heterocycles. The van der Waals surface area contributed by atoms with E-state index in [4.69, 9.17) is 23.2 Å². The van der Waals surface area contributed by atoms with Gasteiger partial charge in [0, 0.05) is 22.7 Å². The molecule has 0 radical (unpaired) electrons. The van der Waals surface area contributed by atoms with Crippen molar-refractivity contribution in [1.29, 1.82) is 0 Å². The Morgan fingerprint density at radius 3 is 2.12 bits per heavy atom. The summed E-state index contributed by atoms with van der Waals surface area (Å²) in [5.41, 5.74) is -7.78. The largest absolute Gasteiger partial charge is 0.464 e. The van der Waals surface area contributed by atoms with E-state index in [1.807, 2.05) is 0 Å². The number of halogens is 9. The van der Waals surface area contributed by atoms with E-state index in [1.54, 1.807) is 0 Å². The highest BCUT2D eigenvalue weighted by Crippen LogP contribution is 2.55. The number of rotatable bonds is 4. The maximum atomic E-state index is 14.4. The Hall–Kier alpha value is -2.38. The molecule has 1 N–H and O–H groups in total. The summed E-state index contributed by atoms with van der Waals surface area (Å²) in [6.45, 7) is 0. The van der Waals surface area contributed by atoms with Crippen LogP contribution in [-0.4, -0.2) is 40.6 Å². The van der Waals surface area contributed by atoms with Gasteiger partial charge in [-0.2, -0.15) is 31.4 Å². The topological polar surface area (TPSA) is 67.9 Å². The van der Waals surface area contributed by atoms with Crippen LogP contribution in [0.5, 0.6) is 0 Å². The number of carbonyl (C=O) groups is 1. The molecule has 15 heteroatoms. The molecule has 0 fully saturated rings. The van der Waals surface area contributed by atoms with E-state index in [0.29, 0.717) is 0 Å². The van der Waals surface area contributed by atoms with Crippen molar-refractivity contribution in [1.82, 2.24) is 15.2 Å². The molecule has 0 aliphatic heterocycles. The van der Waals surface area contributed by atoms with Gasteiger partial charge in [0.2, 0.25) is 0 Å². The Balaban J connectivity index is 2.15. The first-order valence-corrected chi connectivity index (χ1v) is 9.76. The van der Waals surface area contributed by atoms with E-state index < -0.39 is 39.6 Å². The van der Waals surface area contributed by atoms with Crippen molar-refractivity contribution in [2.24, 2.45) is 0 Å². The van der Waals surface area contributed by atoms with Crippen LogP contribution in [-0.2, 0) is 10.4 Å². The molecule has 3 aromatic rings. The van der Waals surface area contributed by atoms with Crippen LogP contribution in [0.25, 0.3) is 21.8 Å². The monoisotopic (exact) mass is 521 g/mol. The lowest BCUT2D eigenvalue weighted by atomic mass is 9.92. The second-order valence-electron chi connectivity index (χ2n) is 6.15. The number of benzene rings is 1. The van der Waals surface area contributed by atoms with Gasteiger partial charge in [0.1, 0.15) is 10.7 Å². The predicted octanol–water partition coefficient (Wildman–Crippen LogP) is 6.58. The normalized spacial score (nSPS) is 12.8. The number of H-pyrrole nitrogens is 1. The third kappa shape index (κ3) is 3.92. The summed E-state index contributed by atoms with van der Waals surface area (Å²) >= 11 is 12.8. The fourth-order valence-electron chi connectivity index (χ4n) is 2.73. The van der Waals surface area contributed by atoms with Crippen LogP contribution in [0.2, 0.25) is 10.0 Å². The average Bonchev–Trinajstić information content (AvgIpc) is 3.33. The number of aromatic nitrogens is 3. The van der Waals surface area contributed by atoms with Crippen molar-refractivity contribution < 1.29 is 40.3 Å². The number of esters is 1. The van der Waals surface area contributed by atoms with Gasteiger partial charge in [0.25, 0.3) is 0 Å². The molecule has 0 saturated carbocycles. The molecule has 0 amide bonds.